The number of nitrogens with zero attached hydrogens (tertiary/aromatic N) is 1. The largest absolute Gasteiger partial charge is 0.324 e. The van der Waals surface area contributed by atoms with Gasteiger partial charge in [-0.3, -0.25) is 9.59 Å². The minimum atomic E-state index is -0.575. The number of amides is 2. The van der Waals surface area contributed by atoms with Crippen molar-refractivity contribution in [1.29, 1.82) is 0 Å². The van der Waals surface area contributed by atoms with E-state index in [1.54, 1.807) is 24.3 Å². The monoisotopic (exact) mass is 354 g/mol. The van der Waals surface area contributed by atoms with E-state index in [0.29, 0.717) is 16.4 Å². The lowest BCUT2D eigenvalue weighted by molar-refractivity contribution is -0.120. The van der Waals surface area contributed by atoms with E-state index in [0.717, 1.165) is 6.07 Å². The molecule has 0 saturated carbocycles. The molecule has 2 aromatic carbocycles. The number of benzene rings is 2. The van der Waals surface area contributed by atoms with Crippen molar-refractivity contribution < 1.29 is 14.0 Å². The Bertz CT molecular complexity index is 753. The van der Waals surface area contributed by atoms with Crippen LogP contribution in [0.4, 0.5) is 15.8 Å². The number of hydrogen-bond donors (Lipinski definition) is 1. The van der Waals surface area contributed by atoms with Gasteiger partial charge in [-0.15, -0.1) is 0 Å². The predicted molar refractivity (Wildman–Crippen MR) is 89.5 cm³/mol. The second-order valence-electron chi connectivity index (χ2n) is 4.76. The lowest BCUT2D eigenvalue weighted by atomic mass is 10.2. The fraction of sp³-hybridized carbons (Fsp3) is 0.125. The molecule has 0 unspecified atom stereocenters. The van der Waals surface area contributed by atoms with Gasteiger partial charge >= 0.3 is 0 Å². The molecule has 2 aromatic rings. The molecule has 0 spiro atoms. The topological polar surface area (TPSA) is 49.4 Å². The van der Waals surface area contributed by atoms with Gasteiger partial charge in [0.1, 0.15) is 12.4 Å². The Morgan fingerprint density at radius 1 is 1.17 bits per heavy atom. The smallest absolute Gasteiger partial charge is 0.244 e. The first-order chi connectivity index (χ1) is 10.9. The normalized spacial score (nSPS) is 10.3. The zero-order valence-corrected chi connectivity index (χ0v) is 13.7. The van der Waals surface area contributed by atoms with E-state index in [2.05, 4.69) is 5.32 Å². The van der Waals surface area contributed by atoms with Crippen LogP contribution in [0.5, 0.6) is 0 Å². The first-order valence-electron chi connectivity index (χ1n) is 6.65. The highest BCUT2D eigenvalue weighted by molar-refractivity contribution is 6.31. The summed E-state index contributed by atoms with van der Waals surface area (Å²) >= 11 is 11.6. The highest BCUT2D eigenvalue weighted by Crippen LogP contribution is 2.21. The molecule has 1 N–H and O–H groups in total. The van der Waals surface area contributed by atoms with Crippen LogP contribution in [0.1, 0.15) is 6.92 Å². The molecule has 0 aromatic heterocycles. The fourth-order valence-electron chi connectivity index (χ4n) is 1.95. The summed E-state index contributed by atoms with van der Waals surface area (Å²) < 4.78 is 13.1. The van der Waals surface area contributed by atoms with Gasteiger partial charge in [-0.1, -0.05) is 29.3 Å². The summed E-state index contributed by atoms with van der Waals surface area (Å²) in [7, 11) is 0. The number of anilines is 2. The van der Waals surface area contributed by atoms with Crippen molar-refractivity contribution in [2.45, 2.75) is 6.92 Å². The summed E-state index contributed by atoms with van der Waals surface area (Å²) in [5, 5.41) is 2.92. The van der Waals surface area contributed by atoms with E-state index < -0.39 is 11.7 Å². The van der Waals surface area contributed by atoms with Crippen LogP contribution in [0.2, 0.25) is 10.0 Å². The van der Waals surface area contributed by atoms with Crippen LogP contribution in [-0.4, -0.2) is 18.4 Å². The van der Waals surface area contributed by atoms with E-state index in [9.17, 15) is 14.0 Å². The molecule has 23 heavy (non-hydrogen) atoms. The van der Waals surface area contributed by atoms with Crippen LogP contribution < -0.4 is 10.2 Å². The van der Waals surface area contributed by atoms with Crippen molar-refractivity contribution in [3.63, 3.8) is 0 Å². The number of hydrogen-bond acceptors (Lipinski definition) is 2. The molecule has 0 bridgehead atoms. The molecule has 0 atom stereocenters. The molecule has 0 aliphatic carbocycles. The molecular weight excluding hydrogens is 342 g/mol. The summed E-state index contributed by atoms with van der Waals surface area (Å²) in [6.07, 6.45) is 0. The summed E-state index contributed by atoms with van der Waals surface area (Å²) in [6.45, 7) is 1.15. The Kier molecular flexibility index (Phi) is 5.58. The Balaban J connectivity index is 2.12. The third kappa shape index (κ3) is 4.68. The molecular formula is C16H13Cl2FN2O2. The van der Waals surface area contributed by atoms with Crippen LogP contribution in [-0.2, 0) is 9.59 Å². The maximum absolute atomic E-state index is 13.1. The Hall–Kier alpha value is -2.11. The molecule has 0 fully saturated rings. The Morgan fingerprint density at radius 2 is 1.91 bits per heavy atom. The fourth-order valence-corrected chi connectivity index (χ4v) is 2.31. The van der Waals surface area contributed by atoms with E-state index >= 15 is 0 Å². The van der Waals surface area contributed by atoms with E-state index in [-0.39, 0.29) is 17.5 Å². The summed E-state index contributed by atoms with van der Waals surface area (Å²) in [4.78, 5) is 25.2. The zero-order valence-electron chi connectivity index (χ0n) is 12.1. The number of carbonyl (C=O) groups is 2. The molecule has 2 rings (SSSR count). The molecule has 2 amide bonds. The van der Waals surface area contributed by atoms with Crippen molar-refractivity contribution in [2.24, 2.45) is 0 Å². The van der Waals surface area contributed by atoms with Crippen LogP contribution >= 0.6 is 23.2 Å². The van der Waals surface area contributed by atoms with Crippen molar-refractivity contribution in [2.75, 3.05) is 16.8 Å². The third-order valence-corrected chi connectivity index (χ3v) is 3.53. The number of rotatable bonds is 4. The second-order valence-corrected chi connectivity index (χ2v) is 5.61. The molecule has 0 radical (unpaired) electrons. The summed E-state index contributed by atoms with van der Waals surface area (Å²) in [6, 6.07) is 10.5. The quantitative estimate of drug-likeness (QED) is 0.897. The third-order valence-electron chi connectivity index (χ3n) is 3.01. The van der Waals surface area contributed by atoms with Crippen molar-refractivity contribution in [3.8, 4) is 0 Å². The van der Waals surface area contributed by atoms with Crippen LogP contribution in [0.15, 0.2) is 42.5 Å². The molecule has 0 saturated heterocycles. The van der Waals surface area contributed by atoms with Gasteiger partial charge in [0.25, 0.3) is 0 Å². The maximum Gasteiger partial charge on any atom is 0.244 e. The van der Waals surface area contributed by atoms with Crippen molar-refractivity contribution in [3.05, 3.63) is 58.3 Å². The van der Waals surface area contributed by atoms with Gasteiger partial charge in [0.05, 0.1) is 5.02 Å². The van der Waals surface area contributed by atoms with Crippen LogP contribution in [0.3, 0.4) is 0 Å². The van der Waals surface area contributed by atoms with Gasteiger partial charge < -0.3 is 10.2 Å². The summed E-state index contributed by atoms with van der Waals surface area (Å²) in [5.74, 6) is -1.32. The average molecular weight is 355 g/mol. The molecule has 0 aliphatic rings. The predicted octanol–water partition coefficient (Wildman–Crippen LogP) is 4.12. The van der Waals surface area contributed by atoms with Gasteiger partial charge in [-0.25, -0.2) is 4.39 Å². The van der Waals surface area contributed by atoms with E-state index in [4.69, 9.17) is 23.2 Å². The lowest BCUT2D eigenvalue weighted by Crippen LogP contribution is -2.36. The molecule has 4 nitrogen and oxygen atoms in total. The molecule has 120 valence electrons. The standard InChI is InChI=1S/C16H13Cl2FN2O2/c1-10(22)21(13-4-2-3-11(17)7-13)9-16(23)20-12-5-6-15(19)14(18)8-12/h2-8H,9H2,1H3,(H,20,23). The lowest BCUT2D eigenvalue weighted by Gasteiger charge is -2.21. The van der Waals surface area contributed by atoms with Gasteiger partial charge in [0.15, 0.2) is 0 Å². The van der Waals surface area contributed by atoms with Gasteiger partial charge in [-0.05, 0) is 36.4 Å². The van der Waals surface area contributed by atoms with Crippen molar-refractivity contribution in [1.82, 2.24) is 0 Å². The minimum Gasteiger partial charge on any atom is -0.324 e. The zero-order chi connectivity index (χ0) is 17.0. The van der Waals surface area contributed by atoms with Crippen molar-refractivity contribution >= 4 is 46.4 Å². The highest BCUT2D eigenvalue weighted by Gasteiger charge is 2.16. The number of nitrogens with one attached hydrogen (secondary N) is 1. The van der Waals surface area contributed by atoms with E-state index in [1.807, 2.05) is 0 Å². The van der Waals surface area contributed by atoms with Gasteiger partial charge in [0, 0.05) is 23.3 Å². The van der Waals surface area contributed by atoms with Crippen LogP contribution in [0.25, 0.3) is 0 Å². The Labute approximate surface area is 142 Å². The molecule has 0 heterocycles. The molecule has 0 aliphatic heterocycles. The second kappa shape index (κ2) is 7.44. The maximum atomic E-state index is 13.1. The number of halogens is 3. The summed E-state index contributed by atoms with van der Waals surface area (Å²) in [5.41, 5.74) is 0.855. The van der Waals surface area contributed by atoms with Gasteiger partial charge in [-0.2, -0.15) is 0 Å². The van der Waals surface area contributed by atoms with Crippen LogP contribution in [0, 0.1) is 5.82 Å². The van der Waals surface area contributed by atoms with Gasteiger partial charge in [0.2, 0.25) is 11.8 Å². The van der Waals surface area contributed by atoms with E-state index in [1.165, 1.54) is 24.0 Å². The molecule has 7 heteroatoms. The first kappa shape index (κ1) is 17.2. The highest BCUT2D eigenvalue weighted by atomic mass is 35.5. The first-order valence-corrected chi connectivity index (χ1v) is 7.41. The number of carbonyl (C=O) groups excluding carboxylic acids is 2. The SMILES string of the molecule is CC(=O)N(CC(=O)Nc1ccc(F)c(Cl)c1)c1cccc(Cl)c1. The minimum absolute atomic E-state index is 0.0962. The average Bonchev–Trinajstić information content (AvgIpc) is 2.48. The Morgan fingerprint density at radius 3 is 2.52 bits per heavy atom.